The first-order valence-corrected chi connectivity index (χ1v) is 9.98. The molecule has 9 heteroatoms. The fraction of sp³-hybridized carbons (Fsp3) is 0.182. The van der Waals surface area contributed by atoms with Crippen molar-refractivity contribution in [2.75, 3.05) is 6.61 Å². The fourth-order valence-corrected chi connectivity index (χ4v) is 3.83. The van der Waals surface area contributed by atoms with Gasteiger partial charge in [-0.25, -0.2) is 9.79 Å². The van der Waals surface area contributed by atoms with Crippen LogP contribution in [-0.4, -0.2) is 27.8 Å². The van der Waals surface area contributed by atoms with Gasteiger partial charge in [0.05, 0.1) is 22.8 Å². The minimum absolute atomic E-state index is 0.00403. The van der Waals surface area contributed by atoms with Gasteiger partial charge in [0, 0.05) is 5.56 Å². The smallest absolute Gasteiger partial charge is 0.416 e. The monoisotopic (exact) mass is 449 g/mol. The highest BCUT2D eigenvalue weighted by molar-refractivity contribution is 8.18. The molecule has 0 aromatic heterocycles. The van der Waals surface area contributed by atoms with E-state index in [9.17, 15) is 28.2 Å². The molecular formula is C22H18F3NO4S. The largest absolute Gasteiger partial charge is 0.507 e. The molecule has 0 amide bonds. The molecule has 1 aliphatic heterocycles. The number of aliphatic hydroxyl groups is 1. The minimum Gasteiger partial charge on any atom is -0.507 e. The molecule has 0 atom stereocenters. The Morgan fingerprint density at radius 3 is 2.58 bits per heavy atom. The van der Waals surface area contributed by atoms with Crippen molar-refractivity contribution >= 4 is 34.5 Å². The van der Waals surface area contributed by atoms with E-state index in [1.54, 1.807) is 32.0 Å². The zero-order valence-electron chi connectivity index (χ0n) is 16.5. The fourth-order valence-electron chi connectivity index (χ4n) is 2.80. The molecule has 1 heterocycles. The van der Waals surface area contributed by atoms with Crippen LogP contribution in [0.3, 0.4) is 0 Å². The summed E-state index contributed by atoms with van der Waals surface area (Å²) < 4.78 is 44.0. The third-order valence-electron chi connectivity index (χ3n) is 4.33. The normalized spacial score (nSPS) is 16.9. The second kappa shape index (κ2) is 8.89. The minimum atomic E-state index is -4.55. The molecule has 162 valence electrons. The quantitative estimate of drug-likeness (QED) is 0.567. The molecule has 0 saturated carbocycles. The number of halogens is 3. The average molecular weight is 449 g/mol. The average Bonchev–Trinajstić information content (AvgIpc) is 3.00. The van der Waals surface area contributed by atoms with Crippen LogP contribution in [0.1, 0.15) is 23.6 Å². The van der Waals surface area contributed by atoms with E-state index >= 15 is 0 Å². The van der Waals surface area contributed by atoms with Crippen LogP contribution in [0.25, 0.3) is 6.08 Å². The van der Waals surface area contributed by atoms with Gasteiger partial charge in [-0.05, 0) is 43.7 Å². The number of carbonyl (C=O) groups is 1. The van der Waals surface area contributed by atoms with Gasteiger partial charge < -0.3 is 14.9 Å². The Balaban J connectivity index is 2.09. The number of para-hydroxylation sites is 1. The molecule has 2 aromatic carbocycles. The zero-order valence-corrected chi connectivity index (χ0v) is 17.3. The van der Waals surface area contributed by atoms with Gasteiger partial charge in [-0.2, -0.15) is 13.2 Å². The Morgan fingerprint density at radius 2 is 1.90 bits per heavy atom. The number of benzene rings is 2. The second-order valence-electron chi connectivity index (χ2n) is 6.53. The molecule has 0 unspecified atom stereocenters. The Hall–Kier alpha value is -3.20. The van der Waals surface area contributed by atoms with Gasteiger partial charge in [-0.1, -0.05) is 36.0 Å². The number of aliphatic hydroxyl groups excluding tert-OH is 1. The van der Waals surface area contributed by atoms with Crippen LogP contribution < -0.4 is 0 Å². The maximum atomic E-state index is 13.0. The number of aryl methyl sites for hydroxylation is 1. The summed E-state index contributed by atoms with van der Waals surface area (Å²) in [5.74, 6) is -1.27. The first-order chi connectivity index (χ1) is 14.6. The lowest BCUT2D eigenvalue weighted by Crippen LogP contribution is -2.13. The summed E-state index contributed by atoms with van der Waals surface area (Å²) in [4.78, 5) is 16.8. The Labute approximate surface area is 180 Å². The number of aromatic hydroxyl groups is 1. The first-order valence-electron chi connectivity index (χ1n) is 9.17. The van der Waals surface area contributed by atoms with Crippen molar-refractivity contribution in [3.8, 4) is 5.75 Å². The van der Waals surface area contributed by atoms with Crippen molar-refractivity contribution in [3.63, 3.8) is 0 Å². The van der Waals surface area contributed by atoms with Crippen molar-refractivity contribution in [2.45, 2.75) is 20.0 Å². The number of hydrogen-bond acceptors (Lipinski definition) is 6. The van der Waals surface area contributed by atoms with Crippen molar-refractivity contribution in [2.24, 2.45) is 4.99 Å². The summed E-state index contributed by atoms with van der Waals surface area (Å²) in [7, 11) is 0. The number of hydrogen-bond donors (Lipinski definition) is 2. The number of carbonyl (C=O) groups excluding carboxylic acids is 1. The maximum absolute atomic E-state index is 13.0. The number of phenolic OH excluding ortho intramolecular Hbond substituents is 1. The highest BCUT2D eigenvalue weighted by atomic mass is 32.2. The van der Waals surface area contributed by atoms with E-state index in [0.29, 0.717) is 11.1 Å². The van der Waals surface area contributed by atoms with Crippen molar-refractivity contribution in [1.82, 2.24) is 0 Å². The molecule has 0 saturated heterocycles. The summed E-state index contributed by atoms with van der Waals surface area (Å²) in [6.07, 6.45) is -3.08. The van der Waals surface area contributed by atoms with E-state index in [0.717, 1.165) is 23.9 Å². The van der Waals surface area contributed by atoms with Gasteiger partial charge in [0.15, 0.2) is 0 Å². The SMILES string of the molecule is CCOC(=O)C1=C(O)C(=Cc2cccc(C)c2O)SC1=Nc1cccc(C(F)(F)F)c1. The third-order valence-corrected chi connectivity index (χ3v) is 5.35. The number of esters is 1. The van der Waals surface area contributed by atoms with E-state index in [4.69, 9.17) is 4.74 Å². The van der Waals surface area contributed by atoms with E-state index in [2.05, 4.69) is 4.99 Å². The van der Waals surface area contributed by atoms with Gasteiger partial charge in [0.2, 0.25) is 0 Å². The van der Waals surface area contributed by atoms with Crippen LogP contribution in [0.2, 0.25) is 0 Å². The summed E-state index contributed by atoms with van der Waals surface area (Å²) in [5.41, 5.74) is -0.153. The van der Waals surface area contributed by atoms with E-state index in [1.807, 2.05) is 0 Å². The summed E-state index contributed by atoms with van der Waals surface area (Å²) in [5, 5.41) is 20.9. The van der Waals surface area contributed by atoms with Crippen LogP contribution in [0, 0.1) is 6.92 Å². The van der Waals surface area contributed by atoms with Crippen LogP contribution in [-0.2, 0) is 15.7 Å². The standard InChI is InChI=1S/C22H18F3NO4S/c1-3-30-21(29)17-19(28)16(10-13-7-4-6-12(2)18(13)27)31-20(17)26-15-9-5-8-14(11-15)22(23,24)25/h4-11,27-28H,3H2,1-2H3. The van der Waals surface area contributed by atoms with E-state index in [-0.39, 0.29) is 33.6 Å². The van der Waals surface area contributed by atoms with Crippen molar-refractivity contribution in [3.05, 3.63) is 75.4 Å². The van der Waals surface area contributed by atoms with Crippen LogP contribution in [0.4, 0.5) is 18.9 Å². The molecular weight excluding hydrogens is 431 g/mol. The van der Waals surface area contributed by atoms with Gasteiger partial charge in [0.1, 0.15) is 22.1 Å². The zero-order chi connectivity index (χ0) is 22.8. The maximum Gasteiger partial charge on any atom is 0.416 e. The molecule has 1 aliphatic rings. The number of aliphatic imine (C=N–C) groups is 1. The number of nitrogens with zero attached hydrogens (tertiary/aromatic N) is 1. The Bertz CT molecular complexity index is 1120. The number of rotatable bonds is 4. The predicted molar refractivity (Wildman–Crippen MR) is 113 cm³/mol. The Morgan fingerprint density at radius 1 is 1.19 bits per heavy atom. The summed E-state index contributed by atoms with van der Waals surface area (Å²) in [6, 6.07) is 9.37. The van der Waals surface area contributed by atoms with Crippen LogP contribution >= 0.6 is 11.8 Å². The Kier molecular flexibility index (Phi) is 6.45. The van der Waals surface area contributed by atoms with Crippen LogP contribution in [0.5, 0.6) is 5.75 Å². The molecule has 0 spiro atoms. The summed E-state index contributed by atoms with van der Waals surface area (Å²) >= 11 is 0.892. The number of thioether (sulfide) groups is 1. The molecule has 0 bridgehead atoms. The predicted octanol–water partition coefficient (Wildman–Crippen LogP) is 5.91. The van der Waals surface area contributed by atoms with Gasteiger partial charge in [-0.15, -0.1) is 0 Å². The lowest BCUT2D eigenvalue weighted by Gasteiger charge is -2.07. The highest BCUT2D eigenvalue weighted by Crippen LogP contribution is 2.41. The third kappa shape index (κ3) is 4.93. The van der Waals surface area contributed by atoms with Crippen molar-refractivity contribution < 1.29 is 32.9 Å². The lowest BCUT2D eigenvalue weighted by atomic mass is 10.1. The first kappa shape index (κ1) is 22.5. The lowest BCUT2D eigenvalue weighted by molar-refractivity contribution is -0.138. The number of phenols is 1. The molecule has 0 radical (unpaired) electrons. The van der Waals surface area contributed by atoms with E-state index < -0.39 is 23.5 Å². The topological polar surface area (TPSA) is 79.1 Å². The number of ether oxygens (including phenoxy) is 1. The van der Waals surface area contributed by atoms with Gasteiger partial charge in [-0.3, -0.25) is 0 Å². The molecule has 31 heavy (non-hydrogen) atoms. The van der Waals surface area contributed by atoms with Crippen LogP contribution in [0.15, 0.2) is 63.7 Å². The van der Waals surface area contributed by atoms with Gasteiger partial charge >= 0.3 is 12.1 Å². The van der Waals surface area contributed by atoms with Gasteiger partial charge in [0.25, 0.3) is 0 Å². The molecule has 5 nitrogen and oxygen atoms in total. The molecule has 2 N–H and O–H groups in total. The van der Waals surface area contributed by atoms with E-state index in [1.165, 1.54) is 18.2 Å². The summed E-state index contributed by atoms with van der Waals surface area (Å²) in [6.45, 7) is 3.33. The van der Waals surface area contributed by atoms with Crippen molar-refractivity contribution in [1.29, 1.82) is 0 Å². The second-order valence-corrected chi connectivity index (χ2v) is 7.56. The molecule has 0 fully saturated rings. The molecule has 2 aromatic rings. The molecule has 0 aliphatic carbocycles. The highest BCUT2D eigenvalue weighted by Gasteiger charge is 2.34. The number of alkyl halides is 3. The molecule has 3 rings (SSSR count).